The highest BCUT2D eigenvalue weighted by Crippen LogP contribution is 2.43. The first-order valence-electron chi connectivity index (χ1n) is 6.88. The van der Waals surface area contributed by atoms with Crippen LogP contribution < -0.4 is 5.73 Å². The topological polar surface area (TPSA) is 126 Å². The minimum Gasteiger partial charge on any atom is -0.508 e. The van der Waals surface area contributed by atoms with Crippen molar-refractivity contribution in [3.05, 3.63) is 46.6 Å². The number of carbonyl (C=O) groups is 1. The fraction of sp³-hybridized carbons (Fsp3) is 0.250. The number of nitriles is 1. The van der Waals surface area contributed by atoms with Crippen LogP contribution >= 0.6 is 0 Å². The molecule has 1 aromatic carbocycles. The summed E-state index contributed by atoms with van der Waals surface area (Å²) in [6.45, 7) is 3.32. The first-order chi connectivity index (χ1) is 10.9. The van der Waals surface area contributed by atoms with Gasteiger partial charge in [0.05, 0.1) is 18.1 Å². The summed E-state index contributed by atoms with van der Waals surface area (Å²) in [4.78, 5) is 12.3. The molecule has 1 unspecified atom stereocenters. The number of phenols is 2. The van der Waals surface area contributed by atoms with Crippen LogP contribution in [0.25, 0.3) is 0 Å². The maximum Gasteiger partial charge on any atom is 0.338 e. The number of benzene rings is 1. The van der Waals surface area contributed by atoms with Gasteiger partial charge in [-0.05, 0) is 19.9 Å². The van der Waals surface area contributed by atoms with Gasteiger partial charge in [-0.25, -0.2) is 4.79 Å². The Morgan fingerprint density at radius 3 is 2.74 bits per heavy atom. The molecule has 23 heavy (non-hydrogen) atoms. The molecule has 0 saturated carbocycles. The second kappa shape index (κ2) is 6.32. The van der Waals surface area contributed by atoms with Gasteiger partial charge in [-0.1, -0.05) is 6.07 Å². The van der Waals surface area contributed by atoms with Crippen LogP contribution in [0.3, 0.4) is 0 Å². The van der Waals surface area contributed by atoms with Gasteiger partial charge in [0.25, 0.3) is 0 Å². The van der Waals surface area contributed by atoms with Crippen LogP contribution in [0, 0.1) is 11.3 Å². The van der Waals surface area contributed by atoms with Crippen LogP contribution in [0.15, 0.2) is 41.0 Å². The molecule has 1 aliphatic rings. The second-order valence-corrected chi connectivity index (χ2v) is 4.86. The summed E-state index contributed by atoms with van der Waals surface area (Å²) in [5, 5.41) is 28.9. The molecule has 0 aliphatic carbocycles. The van der Waals surface area contributed by atoms with Crippen molar-refractivity contribution in [1.82, 2.24) is 0 Å². The first-order valence-corrected chi connectivity index (χ1v) is 6.88. The van der Waals surface area contributed by atoms with Gasteiger partial charge in [0.2, 0.25) is 5.88 Å². The van der Waals surface area contributed by atoms with Crippen LogP contribution in [0.4, 0.5) is 0 Å². The van der Waals surface area contributed by atoms with Crippen molar-refractivity contribution in [3.8, 4) is 17.6 Å². The van der Waals surface area contributed by atoms with Gasteiger partial charge in [-0.15, -0.1) is 0 Å². The summed E-state index contributed by atoms with van der Waals surface area (Å²) in [7, 11) is 0. The van der Waals surface area contributed by atoms with Crippen molar-refractivity contribution < 1.29 is 24.5 Å². The quantitative estimate of drug-likeness (QED) is 0.725. The molecular weight excluding hydrogens is 300 g/mol. The lowest BCUT2D eigenvalue weighted by Crippen LogP contribution is -2.25. The molecule has 0 bridgehead atoms. The highest BCUT2D eigenvalue weighted by molar-refractivity contribution is 5.92. The summed E-state index contributed by atoms with van der Waals surface area (Å²) >= 11 is 0. The number of rotatable bonds is 3. The summed E-state index contributed by atoms with van der Waals surface area (Å²) in [5.41, 5.74) is 6.05. The van der Waals surface area contributed by atoms with Crippen LogP contribution in [-0.2, 0) is 14.3 Å². The monoisotopic (exact) mass is 316 g/mol. The predicted molar refractivity (Wildman–Crippen MR) is 79.8 cm³/mol. The minimum absolute atomic E-state index is 0.0142. The standard InChI is InChI=1S/C16H16N2O5/c1-3-22-16(21)13-8(2)23-15(18)11(7-17)14(13)10-5-4-9(19)6-12(10)20/h4-6,14,19-20H,3,18H2,1-2H3. The lowest BCUT2D eigenvalue weighted by Gasteiger charge is -2.27. The molecule has 0 amide bonds. The molecule has 1 atom stereocenters. The zero-order valence-electron chi connectivity index (χ0n) is 12.7. The van der Waals surface area contributed by atoms with Crippen LogP contribution in [0.2, 0.25) is 0 Å². The van der Waals surface area contributed by atoms with Gasteiger partial charge in [0.15, 0.2) is 0 Å². The number of allylic oxidation sites excluding steroid dienone is 2. The summed E-state index contributed by atoms with van der Waals surface area (Å²) < 4.78 is 10.3. The molecule has 0 radical (unpaired) electrons. The van der Waals surface area contributed by atoms with Crippen LogP contribution in [-0.4, -0.2) is 22.8 Å². The summed E-state index contributed by atoms with van der Waals surface area (Å²) in [5.74, 6) is -1.97. The minimum atomic E-state index is -0.937. The van der Waals surface area contributed by atoms with Crippen molar-refractivity contribution in [1.29, 1.82) is 5.26 Å². The number of hydrogen-bond donors (Lipinski definition) is 3. The van der Waals surface area contributed by atoms with E-state index in [1.54, 1.807) is 6.92 Å². The molecule has 7 nitrogen and oxygen atoms in total. The molecule has 1 aromatic rings. The fourth-order valence-electron chi connectivity index (χ4n) is 2.44. The number of carbonyl (C=O) groups excluding carboxylic acids is 1. The molecule has 0 fully saturated rings. The van der Waals surface area contributed by atoms with E-state index in [0.717, 1.165) is 6.07 Å². The zero-order valence-corrected chi connectivity index (χ0v) is 12.7. The number of hydrogen-bond acceptors (Lipinski definition) is 7. The number of esters is 1. The number of nitrogens with zero attached hydrogens (tertiary/aromatic N) is 1. The lowest BCUT2D eigenvalue weighted by molar-refractivity contribution is -0.139. The van der Waals surface area contributed by atoms with E-state index in [2.05, 4.69) is 0 Å². The SMILES string of the molecule is CCOC(=O)C1=C(C)OC(N)=C(C#N)C1c1ccc(O)cc1O. The van der Waals surface area contributed by atoms with E-state index in [9.17, 15) is 20.3 Å². The Kier molecular flexibility index (Phi) is 4.46. The third kappa shape index (κ3) is 2.92. The van der Waals surface area contributed by atoms with Crippen molar-refractivity contribution >= 4 is 5.97 Å². The van der Waals surface area contributed by atoms with Crippen molar-refractivity contribution in [3.63, 3.8) is 0 Å². The Morgan fingerprint density at radius 2 is 2.17 bits per heavy atom. The number of phenolic OH excluding ortho intramolecular Hbond substituents is 2. The molecule has 1 aliphatic heterocycles. The Bertz CT molecular complexity index is 758. The highest BCUT2D eigenvalue weighted by atomic mass is 16.5. The van der Waals surface area contributed by atoms with E-state index in [1.165, 1.54) is 19.1 Å². The van der Waals surface area contributed by atoms with Gasteiger partial charge in [-0.3, -0.25) is 0 Å². The molecule has 0 spiro atoms. The van der Waals surface area contributed by atoms with Gasteiger partial charge in [0, 0.05) is 11.6 Å². The van der Waals surface area contributed by atoms with Gasteiger partial charge < -0.3 is 25.4 Å². The van der Waals surface area contributed by atoms with Crippen molar-refractivity contribution in [2.45, 2.75) is 19.8 Å². The number of ether oxygens (including phenoxy) is 2. The second-order valence-electron chi connectivity index (χ2n) is 4.86. The summed E-state index contributed by atoms with van der Waals surface area (Å²) in [6, 6.07) is 5.78. The fourth-order valence-corrected chi connectivity index (χ4v) is 2.44. The molecule has 7 heteroatoms. The normalized spacial score (nSPS) is 17.5. The van der Waals surface area contributed by atoms with Crippen LogP contribution in [0.5, 0.6) is 11.5 Å². The molecule has 120 valence electrons. The van der Waals surface area contributed by atoms with E-state index in [-0.39, 0.29) is 46.5 Å². The van der Waals surface area contributed by atoms with Crippen molar-refractivity contribution in [2.75, 3.05) is 6.61 Å². The predicted octanol–water partition coefficient (Wildman–Crippen LogP) is 1.74. The Balaban J connectivity index is 2.66. The lowest BCUT2D eigenvalue weighted by atomic mass is 9.82. The first kappa shape index (κ1) is 16.2. The third-order valence-electron chi connectivity index (χ3n) is 3.43. The van der Waals surface area contributed by atoms with E-state index in [0.29, 0.717) is 0 Å². The molecule has 2 rings (SSSR count). The van der Waals surface area contributed by atoms with E-state index >= 15 is 0 Å². The molecule has 1 heterocycles. The average Bonchev–Trinajstić information content (AvgIpc) is 2.46. The van der Waals surface area contributed by atoms with E-state index < -0.39 is 11.9 Å². The van der Waals surface area contributed by atoms with Gasteiger partial charge in [-0.2, -0.15) is 5.26 Å². The smallest absolute Gasteiger partial charge is 0.338 e. The molecule has 0 saturated heterocycles. The van der Waals surface area contributed by atoms with Gasteiger partial charge >= 0.3 is 5.97 Å². The Hall–Kier alpha value is -3.14. The number of aromatic hydroxyl groups is 2. The van der Waals surface area contributed by atoms with Crippen LogP contribution in [0.1, 0.15) is 25.3 Å². The average molecular weight is 316 g/mol. The molecular formula is C16H16N2O5. The maximum absolute atomic E-state index is 12.3. The maximum atomic E-state index is 12.3. The highest BCUT2D eigenvalue weighted by Gasteiger charge is 2.37. The van der Waals surface area contributed by atoms with E-state index in [1.807, 2.05) is 6.07 Å². The largest absolute Gasteiger partial charge is 0.508 e. The van der Waals surface area contributed by atoms with Gasteiger partial charge in [0.1, 0.15) is 28.9 Å². The summed E-state index contributed by atoms with van der Waals surface area (Å²) in [6.07, 6.45) is 0. The zero-order chi connectivity index (χ0) is 17.1. The molecule has 0 aromatic heterocycles. The Morgan fingerprint density at radius 1 is 1.48 bits per heavy atom. The third-order valence-corrected chi connectivity index (χ3v) is 3.43. The van der Waals surface area contributed by atoms with E-state index in [4.69, 9.17) is 15.2 Å². The van der Waals surface area contributed by atoms with Crippen molar-refractivity contribution in [2.24, 2.45) is 5.73 Å². The molecule has 4 N–H and O–H groups in total. The number of nitrogens with two attached hydrogens (primary N) is 1. The Labute approximate surface area is 132 Å².